The molecule has 0 N–H and O–H groups in total. The highest BCUT2D eigenvalue weighted by atomic mass is 28.4. The second-order valence-electron chi connectivity index (χ2n) is 8.34. The van der Waals surface area contributed by atoms with Crippen LogP contribution in [0.15, 0.2) is 0 Å². The van der Waals surface area contributed by atoms with Crippen LogP contribution in [0.2, 0.25) is 18.1 Å². The third-order valence-corrected chi connectivity index (χ3v) is 10.1. The topological polar surface area (TPSA) is 40.2 Å². The van der Waals surface area contributed by atoms with Crippen molar-refractivity contribution in [3.63, 3.8) is 0 Å². The minimum absolute atomic E-state index is 0.00941. The zero-order valence-electron chi connectivity index (χ0n) is 15.9. The highest BCUT2D eigenvalue weighted by Gasteiger charge is 2.49. The number of nitrogens with zero attached hydrogens (tertiary/aromatic N) is 1. The Hall–Kier alpha value is 0.0818. The summed E-state index contributed by atoms with van der Waals surface area (Å²) in [6.07, 6.45) is 0.0936. The molecular formula is C16H34BNO4Si. The fourth-order valence-electron chi connectivity index (χ4n) is 3.08. The van der Waals surface area contributed by atoms with Gasteiger partial charge in [0.2, 0.25) is 0 Å². The molecule has 134 valence electrons. The monoisotopic (exact) mass is 343 g/mol. The average Bonchev–Trinajstić information content (AvgIpc) is 2.73. The van der Waals surface area contributed by atoms with Crippen molar-refractivity contribution in [2.45, 2.75) is 63.2 Å². The Morgan fingerprint density at radius 2 is 1.78 bits per heavy atom. The zero-order chi connectivity index (χ0) is 17.3. The van der Waals surface area contributed by atoms with Crippen molar-refractivity contribution >= 4 is 16.2 Å². The van der Waals surface area contributed by atoms with Gasteiger partial charge in [0.15, 0.2) is 8.32 Å². The van der Waals surface area contributed by atoms with E-state index in [2.05, 4.69) is 46.6 Å². The normalized spacial score (nSPS) is 34.0. The molecule has 2 saturated heterocycles. The molecule has 0 radical (unpaired) electrons. The lowest BCUT2D eigenvalue weighted by atomic mass is 9.93. The van der Waals surface area contributed by atoms with E-state index < -0.39 is 8.32 Å². The van der Waals surface area contributed by atoms with Gasteiger partial charge in [-0.3, -0.25) is 4.90 Å². The van der Waals surface area contributed by atoms with Gasteiger partial charge in [0.05, 0.1) is 25.3 Å². The first-order valence-electron chi connectivity index (χ1n) is 8.82. The Kier molecular flexibility index (Phi) is 6.36. The van der Waals surface area contributed by atoms with E-state index in [-0.39, 0.29) is 29.4 Å². The molecule has 7 heteroatoms. The summed E-state index contributed by atoms with van der Waals surface area (Å²) in [5.74, 6) is 0. The Morgan fingerprint density at radius 1 is 1.17 bits per heavy atom. The Labute approximate surface area is 143 Å². The molecule has 5 nitrogen and oxygen atoms in total. The lowest BCUT2D eigenvalue weighted by molar-refractivity contribution is -0.0229. The molecule has 0 aromatic heterocycles. The maximum absolute atomic E-state index is 6.72. The number of methoxy groups -OCH3 is 1. The van der Waals surface area contributed by atoms with Crippen LogP contribution in [-0.4, -0.2) is 85.3 Å². The molecule has 2 aliphatic rings. The molecule has 2 fully saturated rings. The standard InChI is InChI=1S/C16H34BNO4Si/c1-16(2,3)23(5,6)22-13-12(21-15(17)14(13)19-4)11-18-7-9-20-10-8-18/h12-15H,7-11,17H2,1-6H3/t12-,13?,14?,15-/m1/s1. The Balaban J connectivity index is 2.09. The molecule has 0 amide bonds. The first kappa shape index (κ1) is 19.4. The molecule has 2 aliphatic heterocycles. The van der Waals surface area contributed by atoms with Gasteiger partial charge in [-0.15, -0.1) is 0 Å². The zero-order valence-corrected chi connectivity index (χ0v) is 16.9. The molecule has 23 heavy (non-hydrogen) atoms. The van der Waals surface area contributed by atoms with E-state index >= 15 is 0 Å². The molecule has 0 aromatic carbocycles. The number of morpholine rings is 1. The van der Waals surface area contributed by atoms with Crippen molar-refractivity contribution in [2.24, 2.45) is 0 Å². The van der Waals surface area contributed by atoms with E-state index in [4.69, 9.17) is 18.6 Å². The van der Waals surface area contributed by atoms with E-state index in [0.717, 1.165) is 32.8 Å². The summed E-state index contributed by atoms with van der Waals surface area (Å²) in [7, 11) is 1.99. The summed E-state index contributed by atoms with van der Waals surface area (Å²) in [6, 6.07) is 0.0702. The van der Waals surface area contributed by atoms with E-state index in [1.807, 2.05) is 0 Å². The molecule has 0 aliphatic carbocycles. The maximum atomic E-state index is 6.72. The van der Waals surface area contributed by atoms with Gasteiger partial charge in [0, 0.05) is 26.7 Å². The van der Waals surface area contributed by atoms with Crippen LogP contribution in [-0.2, 0) is 18.6 Å². The predicted octanol–water partition coefficient (Wildman–Crippen LogP) is 1.08. The summed E-state index contributed by atoms with van der Waals surface area (Å²) < 4.78 is 24.1. The van der Waals surface area contributed by atoms with Crippen molar-refractivity contribution in [2.75, 3.05) is 40.0 Å². The lowest BCUT2D eigenvalue weighted by Crippen LogP contribution is -2.52. The first-order valence-corrected chi connectivity index (χ1v) is 11.7. The summed E-state index contributed by atoms with van der Waals surface area (Å²) in [4.78, 5) is 2.42. The van der Waals surface area contributed by atoms with E-state index in [1.54, 1.807) is 7.11 Å². The molecule has 2 rings (SSSR count). The van der Waals surface area contributed by atoms with Crippen LogP contribution >= 0.6 is 0 Å². The predicted molar refractivity (Wildman–Crippen MR) is 97.3 cm³/mol. The van der Waals surface area contributed by atoms with Gasteiger partial charge in [-0.1, -0.05) is 20.8 Å². The van der Waals surface area contributed by atoms with Crippen molar-refractivity contribution in [3.05, 3.63) is 0 Å². The summed E-state index contributed by atoms with van der Waals surface area (Å²) >= 11 is 0. The minimum Gasteiger partial charge on any atom is -0.408 e. The molecule has 0 aromatic rings. The molecule has 0 saturated carbocycles. The number of hydrogen-bond acceptors (Lipinski definition) is 5. The fourth-order valence-corrected chi connectivity index (χ4v) is 4.40. The van der Waals surface area contributed by atoms with Gasteiger partial charge in [-0.25, -0.2) is 0 Å². The van der Waals surface area contributed by atoms with Gasteiger partial charge >= 0.3 is 0 Å². The van der Waals surface area contributed by atoms with Crippen molar-refractivity contribution in [3.8, 4) is 0 Å². The van der Waals surface area contributed by atoms with Crippen LogP contribution in [0.1, 0.15) is 20.8 Å². The largest absolute Gasteiger partial charge is 0.408 e. The smallest absolute Gasteiger partial charge is 0.192 e. The van der Waals surface area contributed by atoms with Gasteiger partial charge in [0.25, 0.3) is 0 Å². The van der Waals surface area contributed by atoms with Gasteiger partial charge in [-0.2, -0.15) is 0 Å². The van der Waals surface area contributed by atoms with Gasteiger partial charge in [-0.05, 0) is 18.1 Å². The molecule has 4 atom stereocenters. The van der Waals surface area contributed by atoms with Crippen LogP contribution in [0.3, 0.4) is 0 Å². The van der Waals surface area contributed by atoms with Crippen molar-refractivity contribution in [1.29, 1.82) is 0 Å². The summed E-state index contributed by atoms with van der Waals surface area (Å²) in [5.41, 5.74) is 0. The van der Waals surface area contributed by atoms with Crippen molar-refractivity contribution in [1.82, 2.24) is 4.90 Å². The van der Waals surface area contributed by atoms with E-state index in [1.165, 1.54) is 0 Å². The molecular weight excluding hydrogens is 309 g/mol. The van der Waals surface area contributed by atoms with E-state index in [9.17, 15) is 0 Å². The highest BCUT2D eigenvalue weighted by Crippen LogP contribution is 2.40. The Morgan fingerprint density at radius 3 is 2.30 bits per heavy atom. The quantitative estimate of drug-likeness (QED) is 0.699. The lowest BCUT2D eigenvalue weighted by Gasteiger charge is -2.41. The van der Waals surface area contributed by atoms with E-state index in [0.29, 0.717) is 0 Å². The number of hydrogen-bond donors (Lipinski definition) is 0. The molecule has 2 unspecified atom stereocenters. The minimum atomic E-state index is -1.87. The van der Waals surface area contributed by atoms with Gasteiger partial charge in [0.1, 0.15) is 20.1 Å². The Bertz CT molecular complexity index is 385. The maximum Gasteiger partial charge on any atom is 0.192 e. The van der Waals surface area contributed by atoms with Crippen LogP contribution in [0.25, 0.3) is 0 Å². The SMILES string of the molecule is B[C@@H]1O[C@H](CN2CCOCC2)C(O[Si](C)(C)C(C)(C)C)C1OC. The van der Waals surface area contributed by atoms with Crippen LogP contribution in [0, 0.1) is 0 Å². The molecule has 0 spiro atoms. The summed E-state index contributed by atoms with van der Waals surface area (Å²) in [5, 5.41) is 0.181. The number of rotatable bonds is 5. The highest BCUT2D eigenvalue weighted by molar-refractivity contribution is 6.74. The third-order valence-electron chi connectivity index (χ3n) is 5.59. The average molecular weight is 343 g/mol. The first-order chi connectivity index (χ1) is 10.7. The summed E-state index contributed by atoms with van der Waals surface area (Å²) in [6.45, 7) is 15.9. The second kappa shape index (κ2) is 7.54. The third kappa shape index (κ3) is 4.58. The van der Waals surface area contributed by atoms with Gasteiger partial charge < -0.3 is 18.6 Å². The van der Waals surface area contributed by atoms with Crippen molar-refractivity contribution < 1.29 is 18.6 Å². The second-order valence-corrected chi connectivity index (χ2v) is 13.1. The molecule has 2 heterocycles. The van der Waals surface area contributed by atoms with Crippen LogP contribution in [0.5, 0.6) is 0 Å². The number of ether oxygens (including phenoxy) is 3. The van der Waals surface area contributed by atoms with Crippen LogP contribution in [0.4, 0.5) is 0 Å². The van der Waals surface area contributed by atoms with Crippen LogP contribution < -0.4 is 0 Å². The fraction of sp³-hybridized carbons (Fsp3) is 1.00. The molecule has 0 bridgehead atoms.